The van der Waals surface area contributed by atoms with E-state index in [2.05, 4.69) is 10.3 Å². The highest BCUT2D eigenvalue weighted by molar-refractivity contribution is 7.13. The lowest BCUT2D eigenvalue weighted by Gasteiger charge is -2.24. The maximum absolute atomic E-state index is 13.9. The van der Waals surface area contributed by atoms with Crippen LogP contribution in [0.4, 0.5) is 9.52 Å². The Morgan fingerprint density at radius 2 is 2.19 bits per heavy atom. The van der Waals surface area contributed by atoms with Gasteiger partial charge in [-0.15, -0.1) is 11.3 Å². The zero-order valence-electron chi connectivity index (χ0n) is 11.8. The highest BCUT2D eigenvalue weighted by Crippen LogP contribution is 2.21. The molecule has 0 fully saturated rings. The van der Waals surface area contributed by atoms with Gasteiger partial charge < -0.3 is 11.1 Å². The zero-order chi connectivity index (χ0) is 15.4. The summed E-state index contributed by atoms with van der Waals surface area (Å²) in [7, 11) is 3.47. The second kappa shape index (κ2) is 6.64. The zero-order valence-corrected chi connectivity index (χ0v) is 12.7. The summed E-state index contributed by atoms with van der Waals surface area (Å²) < 4.78 is 13.9. The second-order valence-corrected chi connectivity index (χ2v) is 5.67. The predicted molar refractivity (Wildman–Crippen MR) is 81.2 cm³/mol. The van der Waals surface area contributed by atoms with Gasteiger partial charge in [0, 0.05) is 10.9 Å². The normalized spacial score (nSPS) is 12.4. The molecule has 0 saturated heterocycles. The van der Waals surface area contributed by atoms with Crippen molar-refractivity contribution in [1.82, 2.24) is 15.2 Å². The van der Waals surface area contributed by atoms with E-state index < -0.39 is 11.9 Å². The fourth-order valence-corrected chi connectivity index (χ4v) is 2.59. The number of nitrogen functional groups attached to an aromatic ring is 1. The number of carbonyl (C=O) groups excluding carboxylic acids is 1. The lowest BCUT2D eigenvalue weighted by atomic mass is 10.0. The molecule has 21 heavy (non-hydrogen) atoms. The van der Waals surface area contributed by atoms with Crippen LogP contribution >= 0.6 is 11.3 Å². The minimum Gasteiger partial charge on any atom is -0.375 e. The number of rotatable bonds is 5. The molecule has 1 atom stereocenters. The van der Waals surface area contributed by atoms with Crippen molar-refractivity contribution < 1.29 is 9.18 Å². The van der Waals surface area contributed by atoms with Gasteiger partial charge in [0.25, 0.3) is 0 Å². The Kier molecular flexibility index (Phi) is 4.87. The van der Waals surface area contributed by atoms with Crippen LogP contribution in [0, 0.1) is 5.82 Å². The first-order valence-corrected chi connectivity index (χ1v) is 7.25. The molecule has 1 heterocycles. The van der Waals surface area contributed by atoms with Crippen LogP contribution in [0.2, 0.25) is 0 Å². The van der Waals surface area contributed by atoms with Crippen molar-refractivity contribution in [1.29, 1.82) is 0 Å². The fraction of sp³-hybridized carbons (Fsp3) is 0.286. The Labute approximate surface area is 126 Å². The highest BCUT2D eigenvalue weighted by atomic mass is 32.1. The first kappa shape index (κ1) is 15.4. The number of carbonyl (C=O) groups is 1. The predicted octanol–water partition coefficient (Wildman–Crippen LogP) is 1.78. The molecule has 1 unspecified atom stereocenters. The first-order valence-electron chi connectivity index (χ1n) is 6.37. The van der Waals surface area contributed by atoms with Crippen molar-refractivity contribution in [3.8, 4) is 0 Å². The van der Waals surface area contributed by atoms with Gasteiger partial charge in [0.2, 0.25) is 5.91 Å². The lowest BCUT2D eigenvalue weighted by Crippen LogP contribution is -2.37. The Morgan fingerprint density at radius 3 is 2.76 bits per heavy atom. The summed E-state index contributed by atoms with van der Waals surface area (Å²) in [5, 5.41) is 5.00. The Hall–Kier alpha value is -1.99. The summed E-state index contributed by atoms with van der Waals surface area (Å²) in [4.78, 5) is 18.1. The van der Waals surface area contributed by atoms with Gasteiger partial charge in [0.05, 0.1) is 12.2 Å². The van der Waals surface area contributed by atoms with Gasteiger partial charge >= 0.3 is 0 Å². The molecule has 1 aromatic carbocycles. The van der Waals surface area contributed by atoms with Gasteiger partial charge in [-0.25, -0.2) is 9.37 Å². The Morgan fingerprint density at radius 1 is 1.48 bits per heavy atom. The number of nitrogens with two attached hydrogens (primary N) is 1. The molecule has 1 amide bonds. The number of hydrogen-bond donors (Lipinski definition) is 2. The third-order valence-corrected chi connectivity index (χ3v) is 3.70. The summed E-state index contributed by atoms with van der Waals surface area (Å²) in [6.45, 7) is 0.269. The first-order chi connectivity index (χ1) is 9.99. The molecule has 5 nitrogen and oxygen atoms in total. The maximum atomic E-state index is 13.9. The number of nitrogens with zero attached hydrogens (tertiary/aromatic N) is 2. The quantitative estimate of drug-likeness (QED) is 0.883. The van der Waals surface area contributed by atoms with E-state index >= 15 is 0 Å². The largest absolute Gasteiger partial charge is 0.375 e. The number of likely N-dealkylation sites (N-methyl/N-ethyl adjacent to an activating group) is 1. The van der Waals surface area contributed by atoms with E-state index in [1.807, 2.05) is 0 Å². The molecular formula is C14H17FN4OS. The van der Waals surface area contributed by atoms with Crippen molar-refractivity contribution >= 4 is 22.4 Å². The molecule has 0 saturated carbocycles. The molecule has 0 bridgehead atoms. The topological polar surface area (TPSA) is 71.2 Å². The van der Waals surface area contributed by atoms with E-state index in [1.54, 1.807) is 42.6 Å². The number of anilines is 1. The molecule has 2 aromatic rings. The summed E-state index contributed by atoms with van der Waals surface area (Å²) in [5.41, 5.74) is 6.58. The van der Waals surface area contributed by atoms with E-state index in [-0.39, 0.29) is 12.5 Å². The van der Waals surface area contributed by atoms with Crippen LogP contribution in [0.25, 0.3) is 0 Å². The number of thiazole rings is 1. The van der Waals surface area contributed by atoms with E-state index in [4.69, 9.17) is 5.73 Å². The summed E-state index contributed by atoms with van der Waals surface area (Å²) in [6, 6.07) is 5.58. The minimum absolute atomic E-state index is 0.269. The second-order valence-electron chi connectivity index (χ2n) is 4.78. The average Bonchev–Trinajstić information content (AvgIpc) is 2.84. The van der Waals surface area contributed by atoms with Gasteiger partial charge in [-0.2, -0.15) is 0 Å². The van der Waals surface area contributed by atoms with Crippen molar-refractivity contribution in [3.63, 3.8) is 0 Å². The fourth-order valence-electron chi connectivity index (χ4n) is 2.03. The van der Waals surface area contributed by atoms with E-state index in [1.165, 1.54) is 17.4 Å². The number of nitrogens with one attached hydrogen (secondary N) is 1. The van der Waals surface area contributed by atoms with Crippen molar-refractivity contribution in [3.05, 3.63) is 46.7 Å². The van der Waals surface area contributed by atoms with E-state index in [0.29, 0.717) is 16.4 Å². The molecule has 1 aromatic heterocycles. The molecule has 0 aliphatic rings. The molecule has 3 N–H and O–H groups in total. The van der Waals surface area contributed by atoms with Crippen LogP contribution in [0.1, 0.15) is 17.3 Å². The summed E-state index contributed by atoms with van der Waals surface area (Å²) in [6.07, 6.45) is 0. The molecule has 0 spiro atoms. The van der Waals surface area contributed by atoms with Crippen LogP contribution < -0.4 is 11.1 Å². The number of aromatic nitrogens is 1. The standard InChI is InChI=1S/C14H17FN4OS/c1-19(2)12(10-5-3-4-6-11(10)15)13(20)17-7-9-8-21-14(16)18-9/h3-6,8,12H,7H2,1-2H3,(H2,16,18)(H,17,20). The number of benzene rings is 1. The van der Waals surface area contributed by atoms with Gasteiger partial charge in [-0.05, 0) is 20.2 Å². The summed E-state index contributed by atoms with van der Waals surface area (Å²) in [5.74, 6) is -0.680. The van der Waals surface area contributed by atoms with E-state index in [0.717, 1.165) is 0 Å². The monoisotopic (exact) mass is 308 g/mol. The van der Waals surface area contributed by atoms with Crippen molar-refractivity contribution in [2.45, 2.75) is 12.6 Å². The Balaban J connectivity index is 2.11. The molecule has 0 aliphatic heterocycles. The van der Waals surface area contributed by atoms with Crippen LogP contribution in [-0.4, -0.2) is 29.9 Å². The molecule has 7 heteroatoms. The molecular weight excluding hydrogens is 291 g/mol. The van der Waals surface area contributed by atoms with Crippen LogP contribution in [0.5, 0.6) is 0 Å². The molecule has 2 rings (SSSR count). The lowest BCUT2D eigenvalue weighted by molar-refractivity contribution is -0.126. The van der Waals surface area contributed by atoms with Crippen LogP contribution in [0.3, 0.4) is 0 Å². The van der Waals surface area contributed by atoms with Gasteiger partial charge in [-0.1, -0.05) is 18.2 Å². The van der Waals surface area contributed by atoms with Crippen LogP contribution in [0.15, 0.2) is 29.6 Å². The third-order valence-electron chi connectivity index (χ3n) is 2.98. The van der Waals surface area contributed by atoms with Crippen molar-refractivity contribution in [2.24, 2.45) is 0 Å². The molecule has 0 aliphatic carbocycles. The number of halogens is 1. The molecule has 0 radical (unpaired) electrons. The average molecular weight is 308 g/mol. The minimum atomic E-state index is -0.692. The van der Waals surface area contributed by atoms with Crippen LogP contribution in [-0.2, 0) is 11.3 Å². The third kappa shape index (κ3) is 3.77. The maximum Gasteiger partial charge on any atom is 0.242 e. The van der Waals surface area contributed by atoms with Gasteiger partial charge in [-0.3, -0.25) is 9.69 Å². The SMILES string of the molecule is CN(C)C(C(=O)NCc1csc(N)n1)c1ccccc1F. The smallest absolute Gasteiger partial charge is 0.242 e. The van der Waals surface area contributed by atoms with E-state index in [9.17, 15) is 9.18 Å². The Bertz CT molecular complexity index is 629. The van der Waals surface area contributed by atoms with Gasteiger partial charge in [0.1, 0.15) is 11.9 Å². The molecule has 112 valence electrons. The van der Waals surface area contributed by atoms with Gasteiger partial charge in [0.15, 0.2) is 5.13 Å². The number of amides is 1. The number of hydrogen-bond acceptors (Lipinski definition) is 5. The van der Waals surface area contributed by atoms with Crippen molar-refractivity contribution in [2.75, 3.05) is 19.8 Å². The highest BCUT2D eigenvalue weighted by Gasteiger charge is 2.25. The summed E-state index contributed by atoms with van der Waals surface area (Å²) >= 11 is 1.31.